The minimum Gasteiger partial charge on any atom is -0.166 e. The summed E-state index contributed by atoms with van der Waals surface area (Å²) < 4.78 is 79.9. The average molecular weight is 1150 g/mol. The van der Waals surface area contributed by atoms with Crippen LogP contribution in [-0.2, 0) is 42.4 Å². The van der Waals surface area contributed by atoms with Crippen LogP contribution in [0.4, 0.5) is 26.3 Å². The standard InChI is InChI=1S/C29H21Br2F3.C13H8Br2.C8H6BrF3/c1-18-2-4-19(5-3-18)16-28(17-20-6-8-21(9-7-20)29(32,33)34)26-14-22(30)10-12-24(26)25-13-11-23(31)15-27(25)28;14-10-1-3-12-8(6-10)5-9-7-11(15)2-4-13(9)12;9-5-6-1-3-7(4-2-6)8(10,11)12/h2-15H,16-17H2,1H3;1-4,6-7H,5H2;1-4H,5H2. The Labute approximate surface area is 393 Å². The summed E-state index contributed by atoms with van der Waals surface area (Å²) in [5.41, 5.74) is 12.7. The predicted octanol–water partition coefficient (Wildman–Crippen LogP) is 17.7. The second-order valence-corrected chi connectivity index (χ2v) is 19.3. The zero-order valence-electron chi connectivity index (χ0n) is 32.3. The van der Waals surface area contributed by atoms with Crippen LogP contribution < -0.4 is 0 Å². The van der Waals surface area contributed by atoms with E-state index in [1.807, 2.05) is 12.1 Å². The fraction of sp³-hybridized carbons (Fsp3) is 0.160. The number of hydrogen-bond donors (Lipinski definition) is 0. The first-order valence-electron chi connectivity index (χ1n) is 19.0. The molecule has 11 heteroatoms. The number of fused-ring (bicyclic) bond motifs is 6. The van der Waals surface area contributed by atoms with E-state index in [4.69, 9.17) is 0 Å². The van der Waals surface area contributed by atoms with E-state index in [0.29, 0.717) is 11.8 Å². The summed E-state index contributed by atoms with van der Waals surface area (Å²) in [6.45, 7) is 2.07. The maximum atomic E-state index is 13.2. The molecular formula is C50H35Br5F6. The Morgan fingerprint density at radius 3 is 1.16 bits per heavy atom. The van der Waals surface area contributed by atoms with E-state index in [1.54, 1.807) is 12.1 Å². The van der Waals surface area contributed by atoms with Gasteiger partial charge in [0.25, 0.3) is 0 Å². The second kappa shape index (κ2) is 18.7. The van der Waals surface area contributed by atoms with Crippen molar-refractivity contribution in [2.75, 3.05) is 0 Å². The van der Waals surface area contributed by atoms with Gasteiger partial charge in [-0.1, -0.05) is 158 Å². The van der Waals surface area contributed by atoms with Crippen LogP contribution in [0.15, 0.2) is 163 Å². The largest absolute Gasteiger partial charge is 0.416 e. The predicted molar refractivity (Wildman–Crippen MR) is 252 cm³/mol. The molecule has 0 bridgehead atoms. The summed E-state index contributed by atoms with van der Waals surface area (Å²) in [7, 11) is 0. The first kappa shape index (κ1) is 45.5. The smallest absolute Gasteiger partial charge is 0.166 e. The molecule has 0 aliphatic heterocycles. The van der Waals surface area contributed by atoms with Gasteiger partial charge in [0, 0.05) is 28.6 Å². The van der Waals surface area contributed by atoms with Gasteiger partial charge in [-0.05, 0) is 160 Å². The number of halogens is 11. The third-order valence-electron chi connectivity index (χ3n) is 10.9. The summed E-state index contributed by atoms with van der Waals surface area (Å²) in [6, 6.07) is 44.9. The van der Waals surface area contributed by atoms with Crippen molar-refractivity contribution in [2.45, 2.75) is 49.3 Å². The Bertz CT molecular complexity index is 2570. The number of alkyl halides is 7. The van der Waals surface area contributed by atoms with E-state index in [-0.39, 0.29) is 0 Å². The monoisotopic (exact) mass is 1140 g/mol. The van der Waals surface area contributed by atoms with E-state index < -0.39 is 28.9 Å². The van der Waals surface area contributed by atoms with Crippen molar-refractivity contribution >= 4 is 79.6 Å². The molecule has 312 valence electrons. The quantitative estimate of drug-likeness (QED) is 0.119. The zero-order chi connectivity index (χ0) is 43.7. The van der Waals surface area contributed by atoms with Crippen LogP contribution in [-0.4, -0.2) is 0 Å². The maximum Gasteiger partial charge on any atom is 0.416 e. The molecule has 7 aromatic carbocycles. The fourth-order valence-electron chi connectivity index (χ4n) is 8.03. The minimum absolute atomic E-state index is 0.423. The van der Waals surface area contributed by atoms with Gasteiger partial charge >= 0.3 is 12.4 Å². The van der Waals surface area contributed by atoms with Gasteiger partial charge < -0.3 is 0 Å². The summed E-state index contributed by atoms with van der Waals surface area (Å²) in [4.78, 5) is 0. The highest BCUT2D eigenvalue weighted by atomic mass is 79.9. The molecule has 0 saturated carbocycles. The lowest BCUT2D eigenvalue weighted by Crippen LogP contribution is -2.31. The molecule has 2 aliphatic carbocycles. The third-order valence-corrected chi connectivity index (χ3v) is 13.6. The molecule has 0 unspecified atom stereocenters. The van der Waals surface area contributed by atoms with Gasteiger partial charge in [0.15, 0.2) is 0 Å². The van der Waals surface area contributed by atoms with Gasteiger partial charge in [-0.25, -0.2) is 0 Å². The molecule has 0 amide bonds. The molecule has 7 aromatic rings. The van der Waals surface area contributed by atoms with E-state index in [0.717, 1.165) is 54.0 Å². The highest BCUT2D eigenvalue weighted by molar-refractivity contribution is 9.11. The summed E-state index contributed by atoms with van der Waals surface area (Å²) >= 11 is 17.5. The SMILES string of the molecule is Brc1ccc2c(c1)Cc1cc(Br)ccc1-2.Cc1ccc(CC2(Cc3ccc(C(F)(F)F)cc3)c3cc(Br)ccc3-c3ccc(Br)cc32)cc1.FC(F)(F)c1ccc(CBr)cc1. The van der Waals surface area contributed by atoms with Crippen LogP contribution in [0.2, 0.25) is 0 Å². The summed E-state index contributed by atoms with van der Waals surface area (Å²) in [5, 5.41) is 0.575. The molecule has 9 rings (SSSR count). The number of hydrogen-bond acceptors (Lipinski definition) is 0. The lowest BCUT2D eigenvalue weighted by Gasteiger charge is -2.33. The Morgan fingerprint density at radius 2 is 0.787 bits per heavy atom. The molecule has 0 aromatic heterocycles. The normalized spacial score (nSPS) is 13.2. The molecule has 0 nitrogen and oxygen atoms in total. The van der Waals surface area contributed by atoms with Gasteiger partial charge in [0.2, 0.25) is 0 Å². The maximum absolute atomic E-state index is 13.2. The Kier molecular flexibility index (Phi) is 14.0. The van der Waals surface area contributed by atoms with Crippen molar-refractivity contribution in [1.29, 1.82) is 0 Å². The van der Waals surface area contributed by atoms with Crippen molar-refractivity contribution in [3.05, 3.63) is 219 Å². The molecule has 0 atom stereocenters. The lowest BCUT2D eigenvalue weighted by atomic mass is 9.69. The van der Waals surface area contributed by atoms with Gasteiger partial charge in [-0.3, -0.25) is 0 Å². The van der Waals surface area contributed by atoms with Gasteiger partial charge in [-0.15, -0.1) is 0 Å². The number of aryl methyl sites for hydroxylation is 1. The number of rotatable bonds is 5. The molecule has 0 N–H and O–H groups in total. The fourth-order valence-corrected chi connectivity index (χ4v) is 9.94. The average Bonchev–Trinajstić information content (AvgIpc) is 3.69. The Morgan fingerprint density at radius 1 is 0.443 bits per heavy atom. The topological polar surface area (TPSA) is 0 Å². The van der Waals surface area contributed by atoms with E-state index in [9.17, 15) is 26.3 Å². The van der Waals surface area contributed by atoms with Crippen molar-refractivity contribution in [3.8, 4) is 22.3 Å². The Hall–Kier alpha value is -3.48. The van der Waals surface area contributed by atoms with Gasteiger partial charge in [0.1, 0.15) is 0 Å². The van der Waals surface area contributed by atoms with Crippen LogP contribution >= 0.6 is 79.6 Å². The van der Waals surface area contributed by atoms with Crippen molar-refractivity contribution in [2.24, 2.45) is 0 Å². The molecule has 0 spiro atoms. The highest BCUT2D eigenvalue weighted by Gasteiger charge is 2.44. The van der Waals surface area contributed by atoms with E-state index in [2.05, 4.69) is 172 Å². The molecular weight excluding hydrogens is 1110 g/mol. The van der Waals surface area contributed by atoms with Gasteiger partial charge in [0.05, 0.1) is 11.1 Å². The number of benzene rings is 7. The van der Waals surface area contributed by atoms with Crippen LogP contribution in [0.1, 0.15) is 55.6 Å². The summed E-state index contributed by atoms with van der Waals surface area (Å²) in [6.07, 6.45) is -6.21. The second-order valence-electron chi connectivity index (χ2n) is 15.1. The van der Waals surface area contributed by atoms with E-state index >= 15 is 0 Å². The molecule has 61 heavy (non-hydrogen) atoms. The lowest BCUT2D eigenvalue weighted by molar-refractivity contribution is -0.138. The molecule has 2 aliphatic rings. The van der Waals surface area contributed by atoms with Crippen molar-refractivity contribution in [3.63, 3.8) is 0 Å². The highest BCUT2D eigenvalue weighted by Crippen LogP contribution is 2.54. The molecule has 0 heterocycles. The molecule has 0 fully saturated rings. The third kappa shape index (κ3) is 10.5. The van der Waals surface area contributed by atoms with E-state index in [1.165, 1.54) is 79.9 Å². The minimum atomic E-state index is -4.35. The van der Waals surface area contributed by atoms with Crippen molar-refractivity contribution < 1.29 is 26.3 Å². The van der Waals surface area contributed by atoms with Crippen LogP contribution in [0.5, 0.6) is 0 Å². The van der Waals surface area contributed by atoms with Crippen LogP contribution in [0.25, 0.3) is 22.3 Å². The van der Waals surface area contributed by atoms with Crippen LogP contribution in [0.3, 0.4) is 0 Å². The molecule has 0 radical (unpaired) electrons. The van der Waals surface area contributed by atoms with Crippen LogP contribution in [0, 0.1) is 6.92 Å². The first-order valence-corrected chi connectivity index (χ1v) is 23.3. The first-order chi connectivity index (χ1) is 28.9. The Balaban J connectivity index is 0.000000169. The molecule has 0 saturated heterocycles. The van der Waals surface area contributed by atoms with Crippen molar-refractivity contribution in [1.82, 2.24) is 0 Å². The summed E-state index contributed by atoms with van der Waals surface area (Å²) in [5.74, 6) is 0. The zero-order valence-corrected chi connectivity index (χ0v) is 40.3. The van der Waals surface area contributed by atoms with Gasteiger partial charge in [-0.2, -0.15) is 26.3 Å².